The maximum Gasteiger partial charge on any atom is 0.328 e. The van der Waals surface area contributed by atoms with Crippen LogP contribution < -0.4 is 10.6 Å². The molecule has 3 heterocycles. The van der Waals surface area contributed by atoms with Gasteiger partial charge >= 0.3 is 11.9 Å². The minimum atomic E-state index is -1.26. The summed E-state index contributed by atoms with van der Waals surface area (Å²) < 4.78 is 15.0. The summed E-state index contributed by atoms with van der Waals surface area (Å²) in [6.45, 7) is 2.00. The molecule has 0 aliphatic rings. The number of nitrogens with one attached hydrogen (secondary N) is 2. The van der Waals surface area contributed by atoms with E-state index in [1.54, 1.807) is 41.6 Å². The number of hydrogen-bond donors (Lipinski definition) is 4. The molecule has 0 spiro atoms. The molecule has 4 aromatic rings. The van der Waals surface area contributed by atoms with Gasteiger partial charge in [-0.25, -0.2) is 23.9 Å². The lowest BCUT2D eigenvalue weighted by molar-refractivity contribution is -0.134. The number of nitrogens with zero attached hydrogens (tertiary/aromatic N) is 5. The number of anilines is 3. The molecule has 0 radical (unpaired) electrons. The normalized spacial score (nSPS) is 11.3. The molecule has 190 valence electrons. The molecule has 3 aromatic heterocycles. The molecular formula is C25H24FN7O4. The van der Waals surface area contributed by atoms with Crippen molar-refractivity contribution in [3.05, 3.63) is 90.9 Å². The molecule has 4 rings (SSSR count). The lowest BCUT2D eigenvalue weighted by Crippen LogP contribution is -2.09. The maximum atomic E-state index is 13.2. The summed E-state index contributed by atoms with van der Waals surface area (Å²) in [5.41, 5.74) is 2.88. The smallest absolute Gasteiger partial charge is 0.328 e. The van der Waals surface area contributed by atoms with Crippen molar-refractivity contribution < 1.29 is 24.2 Å². The molecule has 1 unspecified atom stereocenters. The van der Waals surface area contributed by atoms with E-state index >= 15 is 0 Å². The number of carbonyl (C=O) groups is 2. The Balaban J connectivity index is 0.000000414. The van der Waals surface area contributed by atoms with Gasteiger partial charge in [0.15, 0.2) is 0 Å². The average Bonchev–Trinajstić information content (AvgIpc) is 3.30. The quantitative estimate of drug-likeness (QED) is 0.258. The van der Waals surface area contributed by atoms with Crippen molar-refractivity contribution in [3.63, 3.8) is 0 Å². The van der Waals surface area contributed by atoms with Gasteiger partial charge in [0.1, 0.15) is 23.3 Å². The summed E-state index contributed by atoms with van der Waals surface area (Å²) >= 11 is 0. The lowest BCUT2D eigenvalue weighted by Gasteiger charge is -2.17. The van der Waals surface area contributed by atoms with Gasteiger partial charge in [-0.05, 0) is 42.3 Å². The fourth-order valence-corrected chi connectivity index (χ4v) is 3.10. The summed E-state index contributed by atoms with van der Waals surface area (Å²) in [4.78, 5) is 32.1. The highest BCUT2D eigenvalue weighted by Gasteiger charge is 2.11. The fourth-order valence-electron chi connectivity index (χ4n) is 3.10. The third-order valence-electron chi connectivity index (χ3n) is 4.79. The van der Waals surface area contributed by atoms with Crippen LogP contribution in [0, 0.1) is 5.82 Å². The maximum absolute atomic E-state index is 13.2. The Morgan fingerprint density at radius 3 is 2.22 bits per heavy atom. The van der Waals surface area contributed by atoms with Crippen molar-refractivity contribution in [2.75, 3.05) is 10.6 Å². The van der Waals surface area contributed by atoms with Crippen LogP contribution >= 0.6 is 0 Å². The molecule has 1 aromatic carbocycles. The van der Waals surface area contributed by atoms with Crippen LogP contribution in [0.3, 0.4) is 0 Å². The van der Waals surface area contributed by atoms with E-state index in [0.29, 0.717) is 29.6 Å². The Morgan fingerprint density at radius 1 is 0.973 bits per heavy atom. The van der Waals surface area contributed by atoms with E-state index in [2.05, 4.69) is 30.7 Å². The molecule has 0 aliphatic heterocycles. The van der Waals surface area contributed by atoms with E-state index in [4.69, 9.17) is 10.2 Å². The van der Waals surface area contributed by atoms with Crippen LogP contribution in [0.5, 0.6) is 0 Å². The predicted octanol–water partition coefficient (Wildman–Crippen LogP) is 4.04. The zero-order valence-corrected chi connectivity index (χ0v) is 19.9. The molecular weight excluding hydrogens is 481 g/mol. The van der Waals surface area contributed by atoms with Crippen LogP contribution in [0.1, 0.15) is 18.5 Å². The second-order valence-corrected chi connectivity index (χ2v) is 7.67. The molecule has 0 aliphatic carbocycles. The molecule has 0 fully saturated rings. The monoisotopic (exact) mass is 505 g/mol. The number of benzene rings is 1. The largest absolute Gasteiger partial charge is 0.478 e. The first-order valence-electron chi connectivity index (χ1n) is 10.9. The number of aryl methyl sites for hydroxylation is 1. The predicted molar refractivity (Wildman–Crippen MR) is 135 cm³/mol. The first-order chi connectivity index (χ1) is 17.7. The van der Waals surface area contributed by atoms with Gasteiger partial charge in [0.2, 0.25) is 0 Å². The molecule has 4 N–H and O–H groups in total. The van der Waals surface area contributed by atoms with Crippen LogP contribution in [0.4, 0.5) is 21.8 Å². The third-order valence-corrected chi connectivity index (χ3v) is 4.79. The summed E-state index contributed by atoms with van der Waals surface area (Å²) in [6.07, 6.45) is 9.71. The summed E-state index contributed by atoms with van der Waals surface area (Å²) in [6, 6.07) is 10.3. The highest BCUT2D eigenvalue weighted by Crippen LogP contribution is 2.28. The fraction of sp³-hybridized carbons (Fsp3) is 0.120. The van der Waals surface area contributed by atoms with Gasteiger partial charge < -0.3 is 20.8 Å². The Kier molecular flexibility index (Phi) is 8.97. The third kappa shape index (κ3) is 8.55. The van der Waals surface area contributed by atoms with Crippen LogP contribution in [0.15, 0.2) is 79.5 Å². The minimum absolute atomic E-state index is 0.0587. The number of halogens is 1. The molecule has 0 saturated carbocycles. The van der Waals surface area contributed by atoms with Crippen molar-refractivity contribution in [3.8, 4) is 11.1 Å². The van der Waals surface area contributed by atoms with Gasteiger partial charge in [-0.1, -0.05) is 12.1 Å². The van der Waals surface area contributed by atoms with E-state index < -0.39 is 11.9 Å². The molecule has 0 saturated heterocycles. The zero-order chi connectivity index (χ0) is 26.8. The minimum Gasteiger partial charge on any atom is -0.478 e. The summed E-state index contributed by atoms with van der Waals surface area (Å²) in [7, 11) is 1.87. The average molecular weight is 506 g/mol. The van der Waals surface area contributed by atoms with Crippen molar-refractivity contribution in [2.24, 2.45) is 7.05 Å². The van der Waals surface area contributed by atoms with Crippen LogP contribution in [-0.4, -0.2) is 46.9 Å². The van der Waals surface area contributed by atoms with E-state index in [1.165, 1.54) is 12.1 Å². The lowest BCUT2D eigenvalue weighted by atomic mass is 10.1. The van der Waals surface area contributed by atoms with E-state index in [0.717, 1.165) is 16.7 Å². The number of hydrogen-bond acceptors (Lipinski definition) is 8. The number of aromatic nitrogens is 5. The standard InChI is InChI=1S/C21H20FN7.C4H4O4/c1-14(15-3-5-18(22)6-4-15)26-19-9-16(17-11-25-29(2)13-17)10-20(27-19)28-21-12-23-7-8-24-21;5-3(6)1-2-4(7)8/h3-14H,1-2H3,(H2,24,26,27,28);1-2H,(H,5,6)(H,7,8)/b;2-1+. The molecule has 0 amide bonds. The summed E-state index contributed by atoms with van der Waals surface area (Å²) in [5.74, 6) is -0.871. The van der Waals surface area contributed by atoms with E-state index in [-0.39, 0.29) is 11.9 Å². The van der Waals surface area contributed by atoms with Gasteiger partial charge in [-0.15, -0.1) is 0 Å². The van der Waals surface area contributed by atoms with Crippen molar-refractivity contribution in [2.45, 2.75) is 13.0 Å². The number of pyridine rings is 1. The van der Waals surface area contributed by atoms with E-state index in [1.807, 2.05) is 32.3 Å². The first kappa shape index (κ1) is 26.5. The van der Waals surface area contributed by atoms with Gasteiger partial charge in [0.25, 0.3) is 0 Å². The van der Waals surface area contributed by atoms with Gasteiger partial charge in [0, 0.05) is 49.4 Å². The Labute approximate surface area is 211 Å². The van der Waals surface area contributed by atoms with Crippen molar-refractivity contribution in [1.29, 1.82) is 0 Å². The SMILES string of the molecule is CC(Nc1cc(-c2cnn(C)c2)cc(Nc2cnccn2)n1)c1ccc(F)cc1.O=C(O)/C=C/C(=O)O. The second-order valence-electron chi connectivity index (χ2n) is 7.67. The van der Waals surface area contributed by atoms with Crippen LogP contribution in [0.25, 0.3) is 11.1 Å². The molecule has 12 heteroatoms. The summed E-state index contributed by atoms with van der Waals surface area (Å²) in [5, 5.41) is 26.4. The topological polar surface area (TPSA) is 155 Å². The number of aliphatic carboxylic acids is 2. The van der Waals surface area contributed by atoms with Gasteiger partial charge in [-0.2, -0.15) is 5.10 Å². The highest BCUT2D eigenvalue weighted by atomic mass is 19.1. The number of rotatable bonds is 8. The molecule has 0 bridgehead atoms. The Bertz CT molecular complexity index is 1360. The highest BCUT2D eigenvalue weighted by molar-refractivity contribution is 5.89. The van der Waals surface area contributed by atoms with Crippen LogP contribution in [0.2, 0.25) is 0 Å². The van der Waals surface area contributed by atoms with Crippen LogP contribution in [-0.2, 0) is 16.6 Å². The molecule has 1 atom stereocenters. The van der Waals surface area contributed by atoms with Gasteiger partial charge in [-0.3, -0.25) is 9.67 Å². The van der Waals surface area contributed by atoms with Crippen molar-refractivity contribution >= 4 is 29.4 Å². The van der Waals surface area contributed by atoms with Gasteiger partial charge in [0.05, 0.1) is 12.4 Å². The van der Waals surface area contributed by atoms with Crippen molar-refractivity contribution in [1.82, 2.24) is 24.7 Å². The Hall–Kier alpha value is -5.13. The molecule has 37 heavy (non-hydrogen) atoms. The Morgan fingerprint density at radius 2 is 1.65 bits per heavy atom. The first-order valence-corrected chi connectivity index (χ1v) is 10.9. The zero-order valence-electron chi connectivity index (χ0n) is 19.9. The second kappa shape index (κ2) is 12.5. The molecule has 11 nitrogen and oxygen atoms in total. The van der Waals surface area contributed by atoms with E-state index in [9.17, 15) is 14.0 Å². The number of carboxylic acid groups (broad SMARTS) is 2. The number of carboxylic acids is 2.